The predicted molar refractivity (Wildman–Crippen MR) is 145 cm³/mol. The number of Topliss-reactive ketones (excluding diaryl/α,β-unsaturated/α-hetero) is 1. The predicted octanol–water partition coefficient (Wildman–Crippen LogP) is 6.81. The van der Waals surface area contributed by atoms with Gasteiger partial charge in [0.2, 0.25) is 5.91 Å². The van der Waals surface area contributed by atoms with Crippen LogP contribution in [0.4, 0.5) is 0 Å². The molecule has 0 unspecified atom stereocenters. The summed E-state index contributed by atoms with van der Waals surface area (Å²) in [7, 11) is 0. The fourth-order valence-corrected chi connectivity index (χ4v) is 4.68. The molecule has 0 radical (unpaired) electrons. The van der Waals surface area contributed by atoms with Crippen molar-refractivity contribution >= 4 is 22.8 Å². The SMILES string of the molecule is CC(=O)c1cc2occc2n1CC(C)(C)C(=O)NC1CCC(C)CC1.CCOc1ccc(CC)cc1. The van der Waals surface area contributed by atoms with Crippen LogP contribution in [0.2, 0.25) is 0 Å². The molecule has 6 nitrogen and oxygen atoms in total. The maximum absolute atomic E-state index is 12.9. The topological polar surface area (TPSA) is 73.5 Å². The molecule has 3 aromatic rings. The zero-order valence-electron chi connectivity index (χ0n) is 22.7. The Kier molecular flexibility index (Phi) is 9.41. The van der Waals surface area contributed by atoms with Crippen molar-refractivity contribution in [2.75, 3.05) is 6.61 Å². The summed E-state index contributed by atoms with van der Waals surface area (Å²) in [6.07, 6.45) is 7.16. The first-order valence-electron chi connectivity index (χ1n) is 13.2. The maximum Gasteiger partial charge on any atom is 0.227 e. The van der Waals surface area contributed by atoms with Gasteiger partial charge in [-0.3, -0.25) is 9.59 Å². The van der Waals surface area contributed by atoms with E-state index in [1.807, 2.05) is 43.5 Å². The molecule has 4 rings (SSSR count). The summed E-state index contributed by atoms with van der Waals surface area (Å²) >= 11 is 0. The molecule has 196 valence electrons. The minimum absolute atomic E-state index is 0.0242. The van der Waals surface area contributed by atoms with Gasteiger partial charge < -0.3 is 19.0 Å². The van der Waals surface area contributed by atoms with Crippen molar-refractivity contribution in [3.8, 4) is 5.75 Å². The summed E-state index contributed by atoms with van der Waals surface area (Å²) in [6.45, 7) is 13.0. The molecule has 0 bridgehead atoms. The number of amides is 1. The van der Waals surface area contributed by atoms with Crippen LogP contribution in [-0.2, 0) is 17.8 Å². The van der Waals surface area contributed by atoms with Crippen LogP contribution < -0.4 is 10.1 Å². The number of nitrogens with zero attached hydrogens (tertiary/aromatic N) is 1. The van der Waals surface area contributed by atoms with Crippen LogP contribution in [0.5, 0.6) is 5.75 Å². The van der Waals surface area contributed by atoms with Crippen LogP contribution in [0.25, 0.3) is 11.1 Å². The molecule has 1 aliphatic rings. The Morgan fingerprint density at radius 1 is 1.08 bits per heavy atom. The average molecular weight is 495 g/mol. The Hall–Kier alpha value is -3.02. The molecule has 36 heavy (non-hydrogen) atoms. The van der Waals surface area contributed by atoms with Gasteiger partial charge >= 0.3 is 0 Å². The van der Waals surface area contributed by atoms with E-state index in [1.54, 1.807) is 19.3 Å². The molecule has 2 heterocycles. The highest BCUT2D eigenvalue weighted by molar-refractivity contribution is 5.97. The molecule has 1 fully saturated rings. The Labute approximate surface area is 215 Å². The zero-order chi connectivity index (χ0) is 26.3. The van der Waals surface area contributed by atoms with Gasteiger partial charge in [-0.05, 0) is 76.5 Å². The van der Waals surface area contributed by atoms with Gasteiger partial charge in [-0.15, -0.1) is 0 Å². The summed E-state index contributed by atoms with van der Waals surface area (Å²) < 4.78 is 12.6. The number of benzene rings is 1. The van der Waals surface area contributed by atoms with Crippen LogP contribution in [-0.4, -0.2) is 28.9 Å². The van der Waals surface area contributed by atoms with Crippen LogP contribution in [0.3, 0.4) is 0 Å². The molecule has 6 heteroatoms. The van der Waals surface area contributed by atoms with E-state index in [2.05, 4.69) is 31.3 Å². The molecule has 1 aliphatic carbocycles. The van der Waals surface area contributed by atoms with Crippen LogP contribution in [0.1, 0.15) is 83.3 Å². The molecule has 0 saturated heterocycles. The number of furan rings is 1. The van der Waals surface area contributed by atoms with Crippen LogP contribution in [0.15, 0.2) is 47.1 Å². The van der Waals surface area contributed by atoms with E-state index >= 15 is 0 Å². The number of nitrogens with one attached hydrogen (secondary N) is 1. The van der Waals surface area contributed by atoms with E-state index in [4.69, 9.17) is 9.15 Å². The second-order valence-corrected chi connectivity index (χ2v) is 10.6. The molecular weight excluding hydrogens is 452 g/mol. The van der Waals surface area contributed by atoms with Crippen molar-refractivity contribution in [2.24, 2.45) is 11.3 Å². The first-order chi connectivity index (χ1) is 17.1. The third kappa shape index (κ3) is 7.02. The number of carbonyl (C=O) groups excluding carboxylic acids is 2. The van der Waals surface area contributed by atoms with E-state index in [-0.39, 0.29) is 17.7 Å². The average Bonchev–Trinajstić information content (AvgIpc) is 3.44. The van der Waals surface area contributed by atoms with Gasteiger partial charge in [0.15, 0.2) is 11.4 Å². The minimum Gasteiger partial charge on any atom is -0.494 e. The van der Waals surface area contributed by atoms with E-state index in [1.165, 1.54) is 18.4 Å². The highest BCUT2D eigenvalue weighted by atomic mass is 16.5. The summed E-state index contributed by atoms with van der Waals surface area (Å²) in [6, 6.07) is 12.1. The number of ketones is 1. The van der Waals surface area contributed by atoms with Gasteiger partial charge in [0, 0.05) is 31.6 Å². The number of aromatic nitrogens is 1. The Morgan fingerprint density at radius 3 is 2.33 bits per heavy atom. The maximum atomic E-state index is 12.9. The first kappa shape index (κ1) is 27.6. The number of hydrogen-bond acceptors (Lipinski definition) is 4. The Morgan fingerprint density at radius 2 is 1.75 bits per heavy atom. The Bertz CT molecular complexity index is 1130. The van der Waals surface area contributed by atoms with Gasteiger partial charge in [-0.1, -0.05) is 26.0 Å². The molecule has 0 aliphatic heterocycles. The molecule has 1 N–H and O–H groups in total. The molecule has 1 amide bonds. The summed E-state index contributed by atoms with van der Waals surface area (Å²) in [5, 5.41) is 3.22. The molecule has 0 spiro atoms. The lowest BCUT2D eigenvalue weighted by Crippen LogP contribution is -2.46. The highest BCUT2D eigenvalue weighted by Crippen LogP contribution is 2.29. The second-order valence-electron chi connectivity index (χ2n) is 10.6. The monoisotopic (exact) mass is 494 g/mol. The number of fused-ring (bicyclic) bond motifs is 1. The molecule has 1 saturated carbocycles. The van der Waals surface area contributed by atoms with E-state index in [0.29, 0.717) is 17.8 Å². The number of rotatable bonds is 8. The lowest BCUT2D eigenvalue weighted by molar-refractivity contribution is -0.131. The molecule has 2 aromatic heterocycles. The highest BCUT2D eigenvalue weighted by Gasteiger charge is 2.32. The van der Waals surface area contributed by atoms with Crippen LogP contribution in [0, 0.1) is 11.3 Å². The minimum atomic E-state index is -0.615. The fraction of sp³-hybridized carbons (Fsp3) is 0.533. The van der Waals surface area contributed by atoms with Crippen molar-refractivity contribution in [3.05, 3.63) is 53.9 Å². The van der Waals surface area contributed by atoms with Gasteiger partial charge in [0.25, 0.3) is 0 Å². The lowest BCUT2D eigenvalue weighted by Gasteiger charge is -2.31. The number of aryl methyl sites for hydroxylation is 1. The summed E-state index contributed by atoms with van der Waals surface area (Å²) in [4.78, 5) is 24.8. The van der Waals surface area contributed by atoms with Crippen molar-refractivity contribution in [1.82, 2.24) is 9.88 Å². The van der Waals surface area contributed by atoms with Crippen molar-refractivity contribution in [1.29, 1.82) is 0 Å². The molecular formula is C30H42N2O4. The number of ether oxygens (including phenoxy) is 1. The van der Waals surface area contributed by atoms with Crippen molar-refractivity contribution in [2.45, 2.75) is 86.2 Å². The van der Waals surface area contributed by atoms with Crippen molar-refractivity contribution in [3.63, 3.8) is 0 Å². The first-order valence-corrected chi connectivity index (χ1v) is 13.2. The quantitative estimate of drug-likeness (QED) is 0.349. The second kappa shape index (κ2) is 12.3. The van der Waals surface area contributed by atoms with Gasteiger partial charge in [0.05, 0.1) is 29.5 Å². The van der Waals surface area contributed by atoms with Gasteiger partial charge in [-0.2, -0.15) is 0 Å². The van der Waals surface area contributed by atoms with E-state index in [0.717, 1.165) is 43.1 Å². The zero-order valence-corrected chi connectivity index (χ0v) is 22.7. The summed E-state index contributed by atoms with van der Waals surface area (Å²) in [5.74, 6) is 1.74. The summed E-state index contributed by atoms with van der Waals surface area (Å²) in [5.41, 5.74) is 2.87. The number of carbonyl (C=O) groups is 2. The largest absolute Gasteiger partial charge is 0.494 e. The van der Waals surface area contributed by atoms with E-state index in [9.17, 15) is 9.59 Å². The smallest absolute Gasteiger partial charge is 0.227 e. The van der Waals surface area contributed by atoms with Crippen LogP contribution >= 0.6 is 0 Å². The van der Waals surface area contributed by atoms with Gasteiger partial charge in [0.1, 0.15) is 5.75 Å². The van der Waals surface area contributed by atoms with E-state index < -0.39 is 5.41 Å². The third-order valence-corrected chi connectivity index (χ3v) is 7.05. The standard InChI is InChI=1S/C20H28N2O3.C10H14O/c1-13-5-7-15(8-6-13)21-19(24)20(3,4)12-22-16-9-10-25-18(16)11-17(22)14(2)23;1-3-9-5-7-10(8-6-9)11-4-2/h9-11,13,15H,5-8,12H2,1-4H3,(H,21,24);5-8H,3-4H2,1-2H3. The fourth-order valence-electron chi connectivity index (χ4n) is 4.68. The Balaban J connectivity index is 0.000000275. The van der Waals surface area contributed by atoms with Crippen molar-refractivity contribution < 1.29 is 18.7 Å². The molecule has 0 atom stereocenters. The lowest BCUT2D eigenvalue weighted by atomic mass is 9.86. The molecule has 1 aromatic carbocycles. The normalized spacial score (nSPS) is 17.8. The number of hydrogen-bond donors (Lipinski definition) is 1. The van der Waals surface area contributed by atoms with Gasteiger partial charge in [-0.25, -0.2) is 0 Å². The third-order valence-electron chi connectivity index (χ3n) is 7.05.